The van der Waals surface area contributed by atoms with Gasteiger partial charge in [-0.3, -0.25) is 0 Å². The van der Waals surface area contributed by atoms with E-state index in [1.54, 1.807) is 5.48 Å². The minimum atomic E-state index is -0.330. The van der Waals surface area contributed by atoms with Crippen molar-refractivity contribution in [3.05, 3.63) is 5.21 Å². The summed E-state index contributed by atoms with van der Waals surface area (Å²) in [5.41, 5.74) is 1.77. The van der Waals surface area contributed by atoms with Crippen molar-refractivity contribution < 1.29 is 4.74 Å². The molecular weight excluding hydrogens is 108 g/mol. The number of ether oxygens (including phenoxy) is 1. The maximum absolute atomic E-state index is 9.87. The second-order valence-corrected chi connectivity index (χ2v) is 1.68. The first-order valence-electron chi connectivity index (χ1n) is 2.63. The molecule has 1 heterocycles. The number of hydrogen-bond donors (Lipinski definition) is 2. The lowest BCUT2D eigenvalue weighted by molar-refractivity contribution is 0.0158. The van der Waals surface area contributed by atoms with Crippen LogP contribution in [0.15, 0.2) is 0 Å². The summed E-state index contributed by atoms with van der Waals surface area (Å²) in [6.07, 6.45) is -0.330. The van der Waals surface area contributed by atoms with Crippen molar-refractivity contribution in [1.82, 2.24) is 10.8 Å². The Kier molecular flexibility index (Phi) is 2.23. The molecule has 8 heavy (non-hydrogen) atoms. The molecule has 0 radical (unpaired) electrons. The molecule has 1 fully saturated rings. The normalized spacial score (nSPS) is 30.4. The first kappa shape index (κ1) is 5.97. The third-order valence-corrected chi connectivity index (χ3v) is 1.06. The van der Waals surface area contributed by atoms with Gasteiger partial charge in [-0.1, -0.05) is 0 Å². The summed E-state index contributed by atoms with van der Waals surface area (Å²) in [7, 11) is 0. The summed E-state index contributed by atoms with van der Waals surface area (Å²) in [6, 6.07) is 0. The van der Waals surface area contributed by atoms with Gasteiger partial charge in [-0.15, -0.1) is 0 Å². The van der Waals surface area contributed by atoms with Gasteiger partial charge in [-0.05, 0) is 0 Å². The van der Waals surface area contributed by atoms with Crippen LogP contribution >= 0.6 is 0 Å². The Labute approximate surface area is 47.8 Å². The molecule has 1 saturated heterocycles. The lowest BCUT2D eigenvalue weighted by Crippen LogP contribution is -2.44. The number of rotatable bonds is 1. The summed E-state index contributed by atoms with van der Waals surface area (Å²) < 4.78 is 4.94. The third kappa shape index (κ3) is 1.41. The Balaban J connectivity index is 2.13. The molecule has 0 saturated carbocycles. The Morgan fingerprint density at radius 2 is 2.62 bits per heavy atom. The van der Waals surface area contributed by atoms with E-state index in [0.29, 0.717) is 13.2 Å². The maximum atomic E-state index is 9.87. The molecule has 4 nitrogen and oxygen atoms in total. The molecule has 0 aromatic heterocycles. The highest BCUT2D eigenvalue weighted by Gasteiger charge is 2.06. The summed E-state index contributed by atoms with van der Waals surface area (Å²) >= 11 is 0. The molecule has 2 N–H and O–H groups in total. The van der Waals surface area contributed by atoms with E-state index in [2.05, 4.69) is 5.32 Å². The van der Waals surface area contributed by atoms with Crippen molar-refractivity contribution in [2.75, 3.05) is 19.7 Å². The number of nitrogens with one attached hydrogen (secondary N) is 2. The van der Waals surface area contributed by atoms with Crippen molar-refractivity contribution in [2.45, 2.75) is 6.23 Å². The van der Waals surface area contributed by atoms with Gasteiger partial charge in [0, 0.05) is 13.1 Å². The summed E-state index contributed by atoms with van der Waals surface area (Å²) in [4.78, 5) is 0. The van der Waals surface area contributed by atoms with Gasteiger partial charge in [0.2, 0.25) is 0 Å². The topological polar surface area (TPSA) is 56.3 Å². The average molecular weight is 117 g/mol. The molecule has 1 rings (SSSR count). The van der Waals surface area contributed by atoms with E-state index in [0.717, 1.165) is 6.54 Å². The van der Waals surface area contributed by atoms with Crippen LogP contribution in [0.4, 0.5) is 0 Å². The van der Waals surface area contributed by atoms with E-state index in [1.165, 1.54) is 0 Å². The monoisotopic (exact) mass is 117 g/mol. The molecule has 0 spiro atoms. The van der Waals surface area contributed by atoms with Crippen molar-refractivity contribution >= 4 is 0 Å². The van der Waals surface area contributed by atoms with Gasteiger partial charge in [-0.25, -0.2) is 0 Å². The van der Waals surface area contributed by atoms with Gasteiger partial charge >= 0.3 is 0 Å². The molecule has 0 aromatic rings. The van der Waals surface area contributed by atoms with Gasteiger partial charge < -0.3 is 20.7 Å². The Bertz CT molecular complexity index is 63.1. The lowest BCUT2D eigenvalue weighted by Gasteiger charge is -2.26. The van der Waals surface area contributed by atoms with E-state index in [4.69, 9.17) is 4.74 Å². The summed E-state index contributed by atoms with van der Waals surface area (Å²) in [5.74, 6) is 0. The van der Waals surface area contributed by atoms with Crippen molar-refractivity contribution in [2.24, 2.45) is 0 Å². The van der Waals surface area contributed by atoms with Crippen LogP contribution in [-0.2, 0) is 4.74 Å². The van der Waals surface area contributed by atoms with Gasteiger partial charge in [0.05, 0.1) is 6.61 Å². The zero-order chi connectivity index (χ0) is 5.82. The van der Waals surface area contributed by atoms with E-state index < -0.39 is 0 Å². The SMILES string of the molecule is [O-]NC1CNCCO1. The second kappa shape index (κ2) is 2.99. The van der Waals surface area contributed by atoms with Crippen LogP contribution in [0.5, 0.6) is 0 Å². The van der Waals surface area contributed by atoms with Crippen LogP contribution in [0.3, 0.4) is 0 Å². The quantitative estimate of drug-likeness (QED) is 0.433. The first-order valence-corrected chi connectivity index (χ1v) is 2.63. The highest BCUT2D eigenvalue weighted by atomic mass is 16.6. The summed E-state index contributed by atoms with van der Waals surface area (Å²) in [5, 5.41) is 12.9. The van der Waals surface area contributed by atoms with E-state index in [-0.39, 0.29) is 6.23 Å². The number of morpholine rings is 1. The van der Waals surface area contributed by atoms with Crippen LogP contribution in [0.1, 0.15) is 0 Å². The molecule has 0 bridgehead atoms. The molecular formula is C4H9N2O2-. The fourth-order valence-corrected chi connectivity index (χ4v) is 0.641. The third-order valence-electron chi connectivity index (χ3n) is 1.06. The van der Waals surface area contributed by atoms with Crippen LogP contribution in [0, 0.1) is 5.21 Å². The molecule has 0 aliphatic carbocycles. The molecule has 4 heteroatoms. The van der Waals surface area contributed by atoms with Crippen LogP contribution in [-0.4, -0.2) is 25.9 Å². The largest absolute Gasteiger partial charge is 0.786 e. The second-order valence-electron chi connectivity index (χ2n) is 1.68. The molecule has 1 aliphatic heterocycles. The highest BCUT2D eigenvalue weighted by Crippen LogP contribution is 1.88. The van der Waals surface area contributed by atoms with E-state index >= 15 is 0 Å². The molecule has 1 unspecified atom stereocenters. The van der Waals surface area contributed by atoms with Gasteiger partial charge in [-0.2, -0.15) is 0 Å². The van der Waals surface area contributed by atoms with E-state index in [1.807, 2.05) is 0 Å². The van der Waals surface area contributed by atoms with E-state index in [9.17, 15) is 5.21 Å². The predicted molar refractivity (Wildman–Crippen MR) is 29.1 cm³/mol. The van der Waals surface area contributed by atoms with Crippen molar-refractivity contribution in [3.63, 3.8) is 0 Å². The van der Waals surface area contributed by atoms with Crippen molar-refractivity contribution in [3.8, 4) is 0 Å². The minimum Gasteiger partial charge on any atom is -0.786 e. The highest BCUT2D eigenvalue weighted by molar-refractivity contribution is 4.63. The Hall–Kier alpha value is -0.160. The zero-order valence-electron chi connectivity index (χ0n) is 4.52. The molecule has 0 aromatic carbocycles. The first-order chi connectivity index (χ1) is 3.93. The lowest BCUT2D eigenvalue weighted by atomic mass is 10.5. The fraction of sp³-hybridized carbons (Fsp3) is 1.00. The maximum Gasteiger partial charge on any atom is 0.109 e. The number of hydroxylamine groups is 1. The van der Waals surface area contributed by atoms with Gasteiger partial charge in [0.1, 0.15) is 6.23 Å². The average Bonchev–Trinajstić information content (AvgIpc) is 1.90. The molecule has 1 aliphatic rings. The number of hydrogen-bond acceptors (Lipinski definition) is 4. The fourth-order valence-electron chi connectivity index (χ4n) is 0.641. The molecule has 1 atom stereocenters. The Morgan fingerprint density at radius 3 is 3.00 bits per heavy atom. The van der Waals surface area contributed by atoms with Gasteiger partial charge in [0.15, 0.2) is 0 Å². The van der Waals surface area contributed by atoms with Crippen LogP contribution in [0.25, 0.3) is 0 Å². The van der Waals surface area contributed by atoms with Gasteiger partial charge in [0.25, 0.3) is 0 Å². The zero-order valence-corrected chi connectivity index (χ0v) is 4.52. The standard InChI is InChI=1S/C4H9N2O2/c7-6-4-3-5-1-2-8-4/h4-6H,1-3H2/q-1. The molecule has 0 amide bonds. The minimum absolute atomic E-state index is 0.330. The van der Waals surface area contributed by atoms with Crippen LogP contribution < -0.4 is 10.8 Å². The van der Waals surface area contributed by atoms with Crippen LogP contribution in [0.2, 0.25) is 0 Å². The summed E-state index contributed by atoms with van der Waals surface area (Å²) in [6.45, 7) is 2.08. The Morgan fingerprint density at radius 1 is 1.75 bits per heavy atom. The molecule has 48 valence electrons. The predicted octanol–water partition coefficient (Wildman–Crippen LogP) is -0.980. The van der Waals surface area contributed by atoms with Crippen molar-refractivity contribution in [1.29, 1.82) is 0 Å². The smallest absolute Gasteiger partial charge is 0.109 e.